The molecule has 0 radical (unpaired) electrons. The zero-order valence-corrected chi connectivity index (χ0v) is 10.9. The zero-order valence-electron chi connectivity index (χ0n) is 10.9. The van der Waals surface area contributed by atoms with Crippen molar-refractivity contribution >= 4 is 5.84 Å². The summed E-state index contributed by atoms with van der Waals surface area (Å²) in [6, 6.07) is 0. The SMILES string of the molecule is CC(C)(CCNCCOCC1CC1)C(N)=NO. The van der Waals surface area contributed by atoms with E-state index in [-0.39, 0.29) is 11.3 Å². The van der Waals surface area contributed by atoms with Gasteiger partial charge in [-0.2, -0.15) is 0 Å². The Morgan fingerprint density at radius 1 is 1.47 bits per heavy atom. The van der Waals surface area contributed by atoms with Crippen molar-refractivity contribution in [1.82, 2.24) is 5.32 Å². The van der Waals surface area contributed by atoms with Crippen molar-refractivity contribution in [2.24, 2.45) is 22.2 Å². The molecule has 0 bridgehead atoms. The number of ether oxygens (including phenoxy) is 1. The molecule has 0 aliphatic heterocycles. The van der Waals surface area contributed by atoms with Crippen molar-refractivity contribution in [3.8, 4) is 0 Å². The van der Waals surface area contributed by atoms with Crippen LogP contribution in [-0.2, 0) is 4.74 Å². The van der Waals surface area contributed by atoms with E-state index in [1.54, 1.807) is 0 Å². The number of hydrogen-bond donors (Lipinski definition) is 3. The molecule has 5 nitrogen and oxygen atoms in total. The van der Waals surface area contributed by atoms with Crippen LogP contribution < -0.4 is 11.1 Å². The first kappa shape index (κ1) is 14.3. The summed E-state index contributed by atoms with van der Waals surface area (Å²) in [6.07, 6.45) is 3.51. The summed E-state index contributed by atoms with van der Waals surface area (Å²) in [6.45, 7) is 7.31. The Bertz CT molecular complexity index is 250. The molecule has 1 rings (SSSR count). The highest BCUT2D eigenvalue weighted by Gasteiger charge is 2.23. The monoisotopic (exact) mass is 243 g/mol. The zero-order chi connectivity index (χ0) is 12.7. The minimum Gasteiger partial charge on any atom is -0.409 e. The molecule has 1 aliphatic rings. The van der Waals surface area contributed by atoms with Crippen molar-refractivity contribution in [1.29, 1.82) is 0 Å². The Kier molecular flexibility index (Phi) is 5.71. The number of hydrogen-bond acceptors (Lipinski definition) is 4. The van der Waals surface area contributed by atoms with Gasteiger partial charge in [0.2, 0.25) is 0 Å². The molecule has 0 heterocycles. The molecule has 1 saturated carbocycles. The Hall–Kier alpha value is -0.810. The number of rotatable bonds is 9. The topological polar surface area (TPSA) is 79.9 Å². The van der Waals surface area contributed by atoms with E-state index in [1.807, 2.05) is 13.8 Å². The number of oxime groups is 1. The summed E-state index contributed by atoms with van der Waals surface area (Å²) in [5.41, 5.74) is 5.33. The first-order valence-corrected chi connectivity index (χ1v) is 6.33. The van der Waals surface area contributed by atoms with Gasteiger partial charge in [0.15, 0.2) is 0 Å². The second-order valence-corrected chi connectivity index (χ2v) is 5.39. The lowest BCUT2D eigenvalue weighted by Gasteiger charge is -2.22. The van der Waals surface area contributed by atoms with Gasteiger partial charge in [-0.25, -0.2) is 0 Å². The summed E-state index contributed by atoms with van der Waals surface area (Å²) >= 11 is 0. The third-order valence-corrected chi connectivity index (χ3v) is 3.20. The molecular formula is C12H25N3O2. The van der Waals surface area contributed by atoms with Crippen LogP contribution >= 0.6 is 0 Å². The van der Waals surface area contributed by atoms with Crippen molar-refractivity contribution in [2.45, 2.75) is 33.1 Å². The van der Waals surface area contributed by atoms with Gasteiger partial charge in [-0.15, -0.1) is 0 Å². The first-order valence-electron chi connectivity index (χ1n) is 6.33. The van der Waals surface area contributed by atoms with Gasteiger partial charge in [0.25, 0.3) is 0 Å². The Labute approximate surface area is 103 Å². The molecule has 0 saturated heterocycles. The van der Waals surface area contributed by atoms with Crippen LogP contribution in [0.3, 0.4) is 0 Å². The van der Waals surface area contributed by atoms with Crippen LogP contribution in [0.2, 0.25) is 0 Å². The smallest absolute Gasteiger partial charge is 0.144 e. The Morgan fingerprint density at radius 2 is 2.18 bits per heavy atom. The fourth-order valence-corrected chi connectivity index (χ4v) is 1.47. The van der Waals surface area contributed by atoms with E-state index in [4.69, 9.17) is 15.7 Å². The van der Waals surface area contributed by atoms with Crippen LogP contribution in [0.25, 0.3) is 0 Å². The number of nitrogens with one attached hydrogen (secondary N) is 1. The van der Waals surface area contributed by atoms with E-state index in [0.29, 0.717) is 0 Å². The molecule has 0 unspecified atom stereocenters. The molecule has 0 atom stereocenters. The molecule has 0 aromatic carbocycles. The molecule has 17 heavy (non-hydrogen) atoms. The molecule has 0 spiro atoms. The van der Waals surface area contributed by atoms with Gasteiger partial charge < -0.3 is 21.0 Å². The maximum atomic E-state index is 8.62. The van der Waals surface area contributed by atoms with Gasteiger partial charge in [0.05, 0.1) is 6.61 Å². The lowest BCUT2D eigenvalue weighted by molar-refractivity contribution is 0.126. The highest BCUT2D eigenvalue weighted by Crippen LogP contribution is 2.28. The van der Waals surface area contributed by atoms with E-state index in [9.17, 15) is 0 Å². The fraction of sp³-hybridized carbons (Fsp3) is 0.917. The predicted molar refractivity (Wildman–Crippen MR) is 68.2 cm³/mol. The van der Waals surface area contributed by atoms with Gasteiger partial charge in [-0.1, -0.05) is 19.0 Å². The largest absolute Gasteiger partial charge is 0.409 e. The molecule has 1 fully saturated rings. The summed E-state index contributed by atoms with van der Waals surface area (Å²) in [7, 11) is 0. The van der Waals surface area contributed by atoms with Crippen LogP contribution in [0.4, 0.5) is 0 Å². The second-order valence-electron chi connectivity index (χ2n) is 5.39. The maximum Gasteiger partial charge on any atom is 0.144 e. The third kappa shape index (κ3) is 5.89. The van der Waals surface area contributed by atoms with Crippen LogP contribution in [-0.4, -0.2) is 37.3 Å². The quantitative estimate of drug-likeness (QED) is 0.187. The average molecular weight is 243 g/mol. The normalized spacial score (nSPS) is 17.4. The summed E-state index contributed by atoms with van der Waals surface area (Å²) in [4.78, 5) is 0. The van der Waals surface area contributed by atoms with Crippen molar-refractivity contribution in [3.63, 3.8) is 0 Å². The molecule has 100 valence electrons. The van der Waals surface area contributed by atoms with Crippen molar-refractivity contribution in [2.75, 3.05) is 26.3 Å². The lowest BCUT2D eigenvalue weighted by atomic mass is 9.88. The third-order valence-electron chi connectivity index (χ3n) is 3.20. The molecule has 4 N–H and O–H groups in total. The van der Waals surface area contributed by atoms with Gasteiger partial charge in [-0.05, 0) is 31.7 Å². The number of nitrogens with two attached hydrogens (primary N) is 1. The Morgan fingerprint density at radius 3 is 2.76 bits per heavy atom. The summed E-state index contributed by atoms with van der Waals surface area (Å²) in [5, 5.41) is 15.0. The summed E-state index contributed by atoms with van der Waals surface area (Å²) in [5.74, 6) is 1.11. The van der Waals surface area contributed by atoms with Crippen molar-refractivity contribution in [3.05, 3.63) is 0 Å². The predicted octanol–water partition coefficient (Wildman–Crippen LogP) is 1.17. The lowest BCUT2D eigenvalue weighted by Crippen LogP contribution is -2.35. The van der Waals surface area contributed by atoms with Gasteiger partial charge in [0.1, 0.15) is 5.84 Å². The van der Waals surface area contributed by atoms with Crippen LogP contribution in [0.1, 0.15) is 33.1 Å². The van der Waals surface area contributed by atoms with Gasteiger partial charge >= 0.3 is 0 Å². The summed E-state index contributed by atoms with van der Waals surface area (Å²) < 4.78 is 5.51. The van der Waals surface area contributed by atoms with E-state index in [0.717, 1.165) is 38.6 Å². The molecule has 0 aromatic rings. The molecular weight excluding hydrogens is 218 g/mol. The van der Waals surface area contributed by atoms with Crippen LogP contribution in [0, 0.1) is 11.3 Å². The second kappa shape index (κ2) is 6.81. The highest BCUT2D eigenvalue weighted by molar-refractivity contribution is 5.85. The average Bonchev–Trinajstić information content (AvgIpc) is 3.10. The highest BCUT2D eigenvalue weighted by atomic mass is 16.5. The number of amidine groups is 1. The van der Waals surface area contributed by atoms with E-state index in [2.05, 4.69) is 10.5 Å². The van der Waals surface area contributed by atoms with Crippen LogP contribution in [0.5, 0.6) is 0 Å². The standard InChI is InChI=1S/C12H25N3O2/c1-12(2,11(13)15-16)5-6-14-7-8-17-9-10-3-4-10/h10,14,16H,3-9H2,1-2H3,(H2,13,15). The van der Waals surface area contributed by atoms with Gasteiger partial charge in [0, 0.05) is 18.6 Å². The Balaban J connectivity index is 1.95. The molecule has 5 heteroatoms. The van der Waals surface area contributed by atoms with E-state index < -0.39 is 0 Å². The minimum atomic E-state index is -0.267. The van der Waals surface area contributed by atoms with Crippen molar-refractivity contribution < 1.29 is 9.94 Å². The van der Waals surface area contributed by atoms with E-state index >= 15 is 0 Å². The van der Waals surface area contributed by atoms with E-state index in [1.165, 1.54) is 12.8 Å². The molecule has 0 aromatic heterocycles. The molecule has 1 aliphatic carbocycles. The molecule has 0 amide bonds. The minimum absolute atomic E-state index is 0.267. The van der Waals surface area contributed by atoms with Crippen LogP contribution in [0.15, 0.2) is 5.16 Å². The van der Waals surface area contributed by atoms with Gasteiger partial charge in [-0.3, -0.25) is 0 Å². The maximum absolute atomic E-state index is 8.62. The first-order chi connectivity index (χ1) is 8.06. The number of nitrogens with zero attached hydrogens (tertiary/aromatic N) is 1. The fourth-order valence-electron chi connectivity index (χ4n) is 1.47.